The molecule has 1 heterocycles. The maximum absolute atomic E-state index is 14.3. The predicted octanol–water partition coefficient (Wildman–Crippen LogP) is 5.82. The van der Waals surface area contributed by atoms with Gasteiger partial charge in [0.25, 0.3) is 0 Å². The van der Waals surface area contributed by atoms with E-state index in [-0.39, 0.29) is 22.2 Å². The van der Waals surface area contributed by atoms with E-state index in [1.165, 1.54) is 24.3 Å². The second kappa shape index (κ2) is 6.98. The number of hydrogen-bond acceptors (Lipinski definition) is 2. The van der Waals surface area contributed by atoms with Gasteiger partial charge in [-0.1, -0.05) is 23.2 Å². The van der Waals surface area contributed by atoms with Crippen molar-refractivity contribution < 1.29 is 8.78 Å². The first-order valence-electron chi connectivity index (χ1n) is 7.50. The lowest BCUT2D eigenvalue weighted by Gasteiger charge is -2.15. The second-order valence-corrected chi connectivity index (χ2v) is 6.55. The molecule has 0 unspecified atom stereocenters. The average Bonchev–Trinajstić information content (AvgIpc) is 2.52. The van der Waals surface area contributed by atoms with Gasteiger partial charge < -0.3 is 5.73 Å². The maximum atomic E-state index is 14.3. The van der Waals surface area contributed by atoms with Gasteiger partial charge in [-0.3, -0.25) is 4.98 Å². The number of nitrogen functional groups attached to an aromatic ring is 1. The summed E-state index contributed by atoms with van der Waals surface area (Å²) in [5.74, 6) is -0.922. The molecule has 0 spiro atoms. The number of hydrogen-bond donors (Lipinski definition) is 1. The van der Waals surface area contributed by atoms with Gasteiger partial charge in [0.2, 0.25) is 0 Å². The molecule has 0 atom stereocenters. The molecule has 0 aliphatic rings. The van der Waals surface area contributed by atoms with Gasteiger partial charge in [0.1, 0.15) is 11.6 Å². The molecule has 6 heteroatoms. The van der Waals surface area contributed by atoms with E-state index in [2.05, 4.69) is 4.98 Å². The Balaban J connectivity index is 2.14. The van der Waals surface area contributed by atoms with Crippen LogP contribution in [-0.2, 0) is 6.42 Å². The Morgan fingerprint density at radius 2 is 1.84 bits per heavy atom. The number of nitrogens with zero attached hydrogens (tertiary/aromatic N) is 1. The normalized spacial score (nSPS) is 10.9. The Hall–Kier alpha value is -2.17. The lowest BCUT2D eigenvalue weighted by Crippen LogP contribution is -2.04. The summed E-state index contributed by atoms with van der Waals surface area (Å²) >= 11 is 12.0. The van der Waals surface area contributed by atoms with Crippen molar-refractivity contribution in [3.63, 3.8) is 0 Å². The van der Waals surface area contributed by atoms with Crippen LogP contribution < -0.4 is 5.73 Å². The minimum Gasteiger partial charge on any atom is -0.398 e. The summed E-state index contributed by atoms with van der Waals surface area (Å²) < 4.78 is 27.7. The number of anilines is 1. The Bertz CT molecular complexity index is 935. The van der Waals surface area contributed by atoms with Crippen molar-refractivity contribution >= 4 is 28.9 Å². The molecule has 2 aromatic carbocycles. The van der Waals surface area contributed by atoms with Crippen molar-refractivity contribution in [2.75, 3.05) is 5.73 Å². The van der Waals surface area contributed by atoms with Crippen molar-refractivity contribution in [1.82, 2.24) is 4.98 Å². The van der Waals surface area contributed by atoms with Crippen LogP contribution in [0.5, 0.6) is 0 Å². The molecule has 0 saturated heterocycles. The fraction of sp³-hybridized carbons (Fsp3) is 0.105. The first kappa shape index (κ1) is 17.6. The number of nitrogens with two attached hydrogens (primary N) is 1. The molecule has 0 radical (unpaired) electrons. The molecule has 2 nitrogen and oxygen atoms in total. The number of halogens is 4. The SMILES string of the molecule is Cc1ccnc(Cc2c(N)cc(Cl)cc2F)c1-c1ccc(F)cc1Cl. The Kier molecular flexibility index (Phi) is 4.93. The number of aryl methyl sites for hydroxylation is 1. The summed E-state index contributed by atoms with van der Waals surface area (Å²) in [7, 11) is 0. The summed E-state index contributed by atoms with van der Waals surface area (Å²) in [6.45, 7) is 1.89. The van der Waals surface area contributed by atoms with E-state index in [4.69, 9.17) is 28.9 Å². The van der Waals surface area contributed by atoms with Crippen molar-refractivity contribution in [2.45, 2.75) is 13.3 Å². The number of benzene rings is 2. The third kappa shape index (κ3) is 3.60. The molecular weight excluding hydrogens is 365 g/mol. The molecule has 128 valence electrons. The molecule has 0 fully saturated rings. The molecule has 0 bridgehead atoms. The van der Waals surface area contributed by atoms with Gasteiger partial charge in [-0.2, -0.15) is 0 Å². The van der Waals surface area contributed by atoms with Gasteiger partial charge in [-0.15, -0.1) is 0 Å². The van der Waals surface area contributed by atoms with Crippen LogP contribution in [0.2, 0.25) is 10.0 Å². The molecule has 3 aromatic rings. The highest BCUT2D eigenvalue weighted by molar-refractivity contribution is 6.33. The third-order valence-corrected chi connectivity index (χ3v) is 4.51. The second-order valence-electron chi connectivity index (χ2n) is 5.71. The zero-order valence-electron chi connectivity index (χ0n) is 13.3. The highest BCUT2D eigenvalue weighted by Gasteiger charge is 2.17. The van der Waals surface area contributed by atoms with E-state index in [1.54, 1.807) is 12.3 Å². The maximum Gasteiger partial charge on any atom is 0.130 e. The van der Waals surface area contributed by atoms with E-state index in [1.807, 2.05) is 13.0 Å². The molecule has 1 aromatic heterocycles. The Morgan fingerprint density at radius 3 is 2.52 bits per heavy atom. The van der Waals surface area contributed by atoms with Crippen molar-refractivity contribution in [1.29, 1.82) is 0 Å². The third-order valence-electron chi connectivity index (χ3n) is 3.98. The molecule has 25 heavy (non-hydrogen) atoms. The summed E-state index contributed by atoms with van der Waals surface area (Å²) in [5, 5.41) is 0.500. The number of rotatable bonds is 3. The summed E-state index contributed by atoms with van der Waals surface area (Å²) in [6, 6.07) is 8.69. The Morgan fingerprint density at radius 1 is 1.08 bits per heavy atom. The molecule has 0 saturated carbocycles. The summed E-state index contributed by atoms with van der Waals surface area (Å²) in [5.41, 5.74) is 9.35. The molecule has 0 amide bonds. The highest BCUT2D eigenvalue weighted by atomic mass is 35.5. The van der Waals surface area contributed by atoms with Crippen LogP contribution in [0.15, 0.2) is 42.6 Å². The zero-order valence-corrected chi connectivity index (χ0v) is 14.8. The van der Waals surface area contributed by atoms with E-state index in [9.17, 15) is 8.78 Å². The van der Waals surface area contributed by atoms with E-state index in [0.29, 0.717) is 16.8 Å². The van der Waals surface area contributed by atoms with Crippen molar-refractivity contribution in [2.24, 2.45) is 0 Å². The Labute approximate surface area is 154 Å². The quantitative estimate of drug-likeness (QED) is 0.583. The van der Waals surface area contributed by atoms with Crippen LogP contribution in [0.25, 0.3) is 11.1 Å². The standard InChI is InChI=1S/C19H14Cl2F2N2/c1-10-4-5-25-18(9-14-16(23)6-11(20)7-17(14)24)19(10)13-3-2-12(22)8-15(13)21/h2-8H,9,24H2,1H3. The van der Waals surface area contributed by atoms with E-state index < -0.39 is 11.6 Å². The topological polar surface area (TPSA) is 38.9 Å². The minimum atomic E-state index is -0.496. The van der Waals surface area contributed by atoms with Crippen LogP contribution in [-0.4, -0.2) is 4.98 Å². The van der Waals surface area contributed by atoms with Crippen LogP contribution in [0.1, 0.15) is 16.8 Å². The predicted molar refractivity (Wildman–Crippen MR) is 98.0 cm³/mol. The smallest absolute Gasteiger partial charge is 0.130 e. The zero-order chi connectivity index (χ0) is 18.1. The van der Waals surface area contributed by atoms with E-state index >= 15 is 0 Å². The van der Waals surface area contributed by atoms with Crippen LogP contribution >= 0.6 is 23.2 Å². The first-order chi connectivity index (χ1) is 11.9. The molecule has 3 rings (SSSR count). The van der Waals surface area contributed by atoms with Gasteiger partial charge >= 0.3 is 0 Å². The largest absolute Gasteiger partial charge is 0.398 e. The summed E-state index contributed by atoms with van der Waals surface area (Å²) in [6.07, 6.45) is 1.80. The van der Waals surface area contributed by atoms with E-state index in [0.717, 1.165) is 11.1 Å². The first-order valence-corrected chi connectivity index (χ1v) is 8.25. The number of pyridine rings is 1. The fourth-order valence-corrected chi connectivity index (χ4v) is 3.26. The lowest BCUT2D eigenvalue weighted by molar-refractivity contribution is 0.614. The van der Waals surface area contributed by atoms with Crippen LogP contribution in [0.4, 0.5) is 14.5 Å². The molecule has 0 aliphatic carbocycles. The molecular formula is C19H14Cl2F2N2. The minimum absolute atomic E-state index is 0.166. The van der Waals surface area contributed by atoms with Crippen LogP contribution in [0.3, 0.4) is 0 Å². The lowest BCUT2D eigenvalue weighted by atomic mass is 9.95. The van der Waals surface area contributed by atoms with Crippen molar-refractivity contribution in [3.05, 3.63) is 81.1 Å². The van der Waals surface area contributed by atoms with Crippen molar-refractivity contribution in [3.8, 4) is 11.1 Å². The van der Waals surface area contributed by atoms with Crippen LogP contribution in [0, 0.1) is 18.6 Å². The van der Waals surface area contributed by atoms with Gasteiger partial charge in [0, 0.05) is 40.0 Å². The summed E-state index contributed by atoms with van der Waals surface area (Å²) in [4.78, 5) is 4.37. The average molecular weight is 379 g/mol. The number of aromatic nitrogens is 1. The monoisotopic (exact) mass is 378 g/mol. The van der Waals surface area contributed by atoms with Gasteiger partial charge in [0.05, 0.1) is 10.7 Å². The molecule has 2 N–H and O–H groups in total. The van der Waals surface area contributed by atoms with Gasteiger partial charge in [0.15, 0.2) is 0 Å². The van der Waals surface area contributed by atoms with Gasteiger partial charge in [-0.25, -0.2) is 8.78 Å². The van der Waals surface area contributed by atoms with Gasteiger partial charge in [-0.05, 0) is 48.9 Å². The molecule has 0 aliphatic heterocycles. The fourth-order valence-electron chi connectivity index (χ4n) is 2.79. The highest BCUT2D eigenvalue weighted by Crippen LogP contribution is 2.35.